The zero-order valence-corrected chi connectivity index (χ0v) is 15.1. The third kappa shape index (κ3) is 2.63. The first kappa shape index (κ1) is 15.7. The molecule has 0 bridgehead atoms. The molecule has 1 aliphatic carbocycles. The SMILES string of the molecule is [B]c1cn2c(-c3ccc(-c4cnc(C5CC5)[nH]4)cc3)cnc2c(SC)n1. The second kappa shape index (κ2) is 6.02. The van der Waals surface area contributed by atoms with Crippen LogP contribution < -0.4 is 5.59 Å². The van der Waals surface area contributed by atoms with Crippen LogP contribution in [0.25, 0.3) is 28.2 Å². The number of imidazole rings is 2. The first-order valence-electron chi connectivity index (χ1n) is 8.56. The summed E-state index contributed by atoms with van der Waals surface area (Å²) in [7, 11) is 5.95. The van der Waals surface area contributed by atoms with Crippen LogP contribution in [0, 0.1) is 0 Å². The zero-order chi connectivity index (χ0) is 17.7. The van der Waals surface area contributed by atoms with Crippen LogP contribution in [0.4, 0.5) is 0 Å². The van der Waals surface area contributed by atoms with E-state index in [1.54, 1.807) is 11.8 Å². The van der Waals surface area contributed by atoms with Gasteiger partial charge in [-0.1, -0.05) is 24.3 Å². The summed E-state index contributed by atoms with van der Waals surface area (Å²) in [5.74, 6) is 1.74. The molecule has 126 valence electrons. The van der Waals surface area contributed by atoms with E-state index in [4.69, 9.17) is 7.85 Å². The fourth-order valence-corrected chi connectivity index (χ4v) is 3.73. The highest BCUT2D eigenvalue weighted by Crippen LogP contribution is 2.39. The van der Waals surface area contributed by atoms with Crippen molar-refractivity contribution in [2.75, 3.05) is 6.26 Å². The van der Waals surface area contributed by atoms with Gasteiger partial charge in [0.1, 0.15) is 18.7 Å². The molecule has 0 saturated heterocycles. The van der Waals surface area contributed by atoms with E-state index in [9.17, 15) is 0 Å². The quantitative estimate of drug-likeness (QED) is 0.450. The lowest BCUT2D eigenvalue weighted by Gasteiger charge is -2.06. The number of fused-ring (bicyclic) bond motifs is 1. The lowest BCUT2D eigenvalue weighted by atomic mass is 10.1. The maximum Gasteiger partial charge on any atom is 0.170 e. The molecule has 4 aromatic rings. The summed E-state index contributed by atoms with van der Waals surface area (Å²) in [6.07, 6.45) is 10.1. The number of hydrogen-bond acceptors (Lipinski definition) is 4. The van der Waals surface area contributed by atoms with Gasteiger partial charge in [-0.3, -0.25) is 9.38 Å². The van der Waals surface area contributed by atoms with E-state index in [0.29, 0.717) is 11.5 Å². The average Bonchev–Trinajstić information content (AvgIpc) is 3.24. The Morgan fingerprint density at radius 2 is 1.88 bits per heavy atom. The van der Waals surface area contributed by atoms with Crippen molar-refractivity contribution < 1.29 is 0 Å². The monoisotopic (exact) mass is 357 g/mol. The van der Waals surface area contributed by atoms with Crippen LogP contribution in [0.3, 0.4) is 0 Å². The molecule has 1 saturated carbocycles. The number of nitrogens with zero attached hydrogens (tertiary/aromatic N) is 4. The van der Waals surface area contributed by atoms with E-state index in [0.717, 1.165) is 39.0 Å². The molecule has 1 aliphatic rings. The van der Waals surface area contributed by atoms with Gasteiger partial charge >= 0.3 is 0 Å². The van der Waals surface area contributed by atoms with Crippen molar-refractivity contribution in [3.63, 3.8) is 0 Å². The molecule has 1 fully saturated rings. The summed E-state index contributed by atoms with van der Waals surface area (Å²) in [6, 6.07) is 8.43. The molecule has 1 aromatic carbocycles. The zero-order valence-electron chi connectivity index (χ0n) is 14.3. The predicted octanol–water partition coefficient (Wildman–Crippen LogP) is 3.18. The van der Waals surface area contributed by atoms with Gasteiger partial charge in [-0.15, -0.1) is 11.8 Å². The molecule has 3 aromatic heterocycles. The maximum absolute atomic E-state index is 5.95. The van der Waals surface area contributed by atoms with Gasteiger partial charge in [0.2, 0.25) is 0 Å². The van der Waals surface area contributed by atoms with Gasteiger partial charge in [0, 0.05) is 23.3 Å². The van der Waals surface area contributed by atoms with Crippen molar-refractivity contribution in [2.45, 2.75) is 23.8 Å². The van der Waals surface area contributed by atoms with Crippen molar-refractivity contribution >= 4 is 30.8 Å². The third-order valence-corrected chi connectivity index (χ3v) is 5.39. The topological polar surface area (TPSA) is 58.9 Å². The van der Waals surface area contributed by atoms with Crippen molar-refractivity contribution in [3.8, 4) is 22.5 Å². The largest absolute Gasteiger partial charge is 0.342 e. The van der Waals surface area contributed by atoms with Gasteiger partial charge in [0.25, 0.3) is 0 Å². The van der Waals surface area contributed by atoms with Crippen molar-refractivity contribution in [3.05, 3.63) is 48.7 Å². The lowest BCUT2D eigenvalue weighted by Crippen LogP contribution is -2.12. The van der Waals surface area contributed by atoms with E-state index in [-0.39, 0.29) is 0 Å². The maximum atomic E-state index is 5.95. The molecular weight excluding hydrogens is 341 g/mol. The normalized spacial score (nSPS) is 14.2. The third-order valence-electron chi connectivity index (χ3n) is 4.72. The molecule has 5 rings (SSSR count). The minimum atomic E-state index is 0.489. The molecule has 0 atom stereocenters. The number of aromatic nitrogens is 5. The minimum absolute atomic E-state index is 0.489. The Morgan fingerprint density at radius 3 is 2.62 bits per heavy atom. The molecular formula is C19H16BN5S. The second-order valence-electron chi connectivity index (χ2n) is 6.55. The minimum Gasteiger partial charge on any atom is -0.342 e. The molecule has 3 heterocycles. The standard InChI is InChI=1S/C19H16BN5S/c1-26-19-18-22-9-15(25(18)10-16(20)24-19)12-4-2-11(3-5-12)14-8-21-17(23-14)13-6-7-13/h2-5,8-10,13H,6-7H2,1H3,(H,21,23). The van der Waals surface area contributed by atoms with Crippen LogP contribution in [-0.2, 0) is 0 Å². The average molecular weight is 357 g/mol. The molecule has 0 aliphatic heterocycles. The van der Waals surface area contributed by atoms with E-state index < -0.39 is 0 Å². The van der Waals surface area contributed by atoms with Crippen LogP contribution in [0.1, 0.15) is 24.6 Å². The molecule has 7 heteroatoms. The number of aromatic amines is 1. The summed E-state index contributed by atoms with van der Waals surface area (Å²) >= 11 is 1.54. The van der Waals surface area contributed by atoms with Crippen LogP contribution in [-0.4, -0.2) is 38.4 Å². The Morgan fingerprint density at radius 1 is 1.12 bits per heavy atom. The Hall–Kier alpha value is -2.54. The highest BCUT2D eigenvalue weighted by atomic mass is 32.2. The summed E-state index contributed by atoms with van der Waals surface area (Å²) < 4.78 is 2.00. The first-order valence-corrected chi connectivity index (χ1v) is 9.78. The smallest absolute Gasteiger partial charge is 0.170 e. The number of hydrogen-bond donors (Lipinski definition) is 1. The number of benzene rings is 1. The lowest BCUT2D eigenvalue weighted by molar-refractivity contribution is 0.977. The van der Waals surface area contributed by atoms with Gasteiger partial charge in [0.05, 0.1) is 23.8 Å². The fourth-order valence-electron chi connectivity index (χ4n) is 3.20. The molecule has 0 spiro atoms. The number of nitrogens with one attached hydrogen (secondary N) is 1. The number of rotatable bonds is 4. The van der Waals surface area contributed by atoms with Gasteiger partial charge < -0.3 is 4.98 Å². The van der Waals surface area contributed by atoms with E-state index in [2.05, 4.69) is 44.2 Å². The summed E-state index contributed by atoms with van der Waals surface area (Å²) in [5.41, 5.74) is 5.60. The molecule has 0 amide bonds. The molecule has 0 unspecified atom stereocenters. The van der Waals surface area contributed by atoms with E-state index in [1.165, 1.54) is 12.8 Å². The summed E-state index contributed by atoms with van der Waals surface area (Å²) in [4.78, 5) is 16.8. The summed E-state index contributed by atoms with van der Waals surface area (Å²) in [6.45, 7) is 0. The Kier molecular flexibility index (Phi) is 3.63. The van der Waals surface area contributed by atoms with Crippen molar-refractivity contribution in [1.29, 1.82) is 0 Å². The Bertz CT molecular complexity index is 1100. The Labute approximate surface area is 156 Å². The number of H-pyrrole nitrogens is 1. The van der Waals surface area contributed by atoms with E-state index in [1.807, 2.05) is 29.2 Å². The van der Waals surface area contributed by atoms with Crippen molar-refractivity contribution in [2.24, 2.45) is 0 Å². The van der Waals surface area contributed by atoms with Crippen LogP contribution in [0.5, 0.6) is 0 Å². The molecule has 2 radical (unpaired) electrons. The van der Waals surface area contributed by atoms with Crippen LogP contribution in [0.2, 0.25) is 0 Å². The van der Waals surface area contributed by atoms with Crippen LogP contribution in [0.15, 0.2) is 47.9 Å². The highest BCUT2D eigenvalue weighted by molar-refractivity contribution is 7.98. The first-order chi connectivity index (χ1) is 12.7. The molecule has 26 heavy (non-hydrogen) atoms. The second-order valence-corrected chi connectivity index (χ2v) is 7.34. The highest BCUT2D eigenvalue weighted by Gasteiger charge is 2.26. The Balaban J connectivity index is 1.52. The van der Waals surface area contributed by atoms with Crippen LogP contribution >= 0.6 is 11.8 Å². The fraction of sp³-hybridized carbons (Fsp3) is 0.211. The van der Waals surface area contributed by atoms with Gasteiger partial charge in [-0.25, -0.2) is 9.97 Å². The van der Waals surface area contributed by atoms with Crippen molar-refractivity contribution in [1.82, 2.24) is 24.3 Å². The summed E-state index contributed by atoms with van der Waals surface area (Å²) in [5, 5.41) is 0.831. The molecule has 5 nitrogen and oxygen atoms in total. The van der Waals surface area contributed by atoms with Gasteiger partial charge in [-0.05, 0) is 24.7 Å². The van der Waals surface area contributed by atoms with Gasteiger partial charge in [0.15, 0.2) is 5.65 Å². The van der Waals surface area contributed by atoms with Gasteiger partial charge in [-0.2, -0.15) is 0 Å². The predicted molar refractivity (Wildman–Crippen MR) is 105 cm³/mol. The number of thioether (sulfide) groups is 1. The molecule has 1 N–H and O–H groups in total. The van der Waals surface area contributed by atoms with E-state index >= 15 is 0 Å².